The molecule has 0 amide bonds. The molecule has 106 valence electrons. The first-order chi connectivity index (χ1) is 9.31. The zero-order chi connectivity index (χ0) is 14.9. The molecule has 2 N–H and O–H groups in total. The van der Waals surface area contributed by atoms with Crippen LogP contribution in [0.5, 0.6) is 5.75 Å². The van der Waals surface area contributed by atoms with Crippen LogP contribution >= 0.6 is 0 Å². The normalized spacial score (nSPS) is 11.4. The van der Waals surface area contributed by atoms with Crippen LogP contribution in [0.3, 0.4) is 0 Å². The van der Waals surface area contributed by atoms with Gasteiger partial charge in [0.1, 0.15) is 11.3 Å². The van der Waals surface area contributed by atoms with Crippen molar-refractivity contribution in [2.45, 2.75) is 6.36 Å². The topological polar surface area (TPSA) is 74.4 Å². The molecular formula is C12H9F3N2O3. The number of fused-ring (bicyclic) bond motifs is 1. The fourth-order valence-electron chi connectivity index (χ4n) is 1.66. The van der Waals surface area contributed by atoms with Gasteiger partial charge in [-0.25, -0.2) is 4.79 Å². The molecule has 0 fully saturated rings. The van der Waals surface area contributed by atoms with Gasteiger partial charge in [-0.15, -0.1) is 13.2 Å². The Labute approximate surface area is 111 Å². The van der Waals surface area contributed by atoms with E-state index in [0.29, 0.717) is 5.52 Å². The Morgan fingerprint density at radius 1 is 1.35 bits per heavy atom. The van der Waals surface area contributed by atoms with Crippen LogP contribution in [0.1, 0.15) is 10.4 Å². The maximum Gasteiger partial charge on any atom is 0.573 e. The molecule has 0 radical (unpaired) electrons. The molecule has 1 aromatic heterocycles. The number of nitrogen functional groups attached to an aromatic ring is 1. The molecule has 2 rings (SSSR count). The summed E-state index contributed by atoms with van der Waals surface area (Å²) in [6, 6.07) is 3.49. The van der Waals surface area contributed by atoms with Crippen LogP contribution < -0.4 is 10.5 Å². The minimum absolute atomic E-state index is 0.0190. The Morgan fingerprint density at radius 3 is 2.65 bits per heavy atom. The highest BCUT2D eigenvalue weighted by atomic mass is 19.4. The van der Waals surface area contributed by atoms with E-state index < -0.39 is 18.1 Å². The van der Waals surface area contributed by atoms with Crippen molar-refractivity contribution in [1.29, 1.82) is 0 Å². The predicted octanol–water partition coefficient (Wildman–Crippen LogP) is 2.50. The van der Waals surface area contributed by atoms with E-state index in [9.17, 15) is 18.0 Å². The second kappa shape index (κ2) is 4.87. The van der Waals surface area contributed by atoms with E-state index in [-0.39, 0.29) is 16.6 Å². The highest BCUT2D eigenvalue weighted by Gasteiger charge is 2.31. The molecule has 20 heavy (non-hydrogen) atoms. The Balaban J connectivity index is 2.54. The number of esters is 1. The van der Waals surface area contributed by atoms with Crippen molar-refractivity contribution in [1.82, 2.24) is 4.98 Å². The highest BCUT2D eigenvalue weighted by molar-refractivity contribution is 6.04. The number of ether oxygens (including phenoxy) is 2. The molecule has 1 aromatic carbocycles. The van der Waals surface area contributed by atoms with Gasteiger partial charge in [-0.2, -0.15) is 0 Å². The monoisotopic (exact) mass is 286 g/mol. The van der Waals surface area contributed by atoms with Crippen molar-refractivity contribution in [2.75, 3.05) is 12.8 Å². The number of methoxy groups -OCH3 is 1. The molecule has 8 heteroatoms. The first kappa shape index (κ1) is 13.9. The van der Waals surface area contributed by atoms with Gasteiger partial charge in [0, 0.05) is 11.6 Å². The zero-order valence-corrected chi connectivity index (χ0v) is 10.2. The van der Waals surface area contributed by atoms with Crippen molar-refractivity contribution >= 4 is 22.6 Å². The second-order valence-electron chi connectivity index (χ2n) is 3.80. The van der Waals surface area contributed by atoms with Gasteiger partial charge >= 0.3 is 12.3 Å². The smallest absolute Gasteiger partial charge is 0.465 e. The van der Waals surface area contributed by atoms with Gasteiger partial charge in [-0.1, -0.05) is 0 Å². The number of alkyl halides is 3. The molecule has 0 saturated heterocycles. The SMILES string of the molecule is COC(=O)c1cnc2ccc(OC(F)(F)F)cc2c1N. The average molecular weight is 286 g/mol. The summed E-state index contributed by atoms with van der Waals surface area (Å²) < 4.78 is 44.8. The lowest BCUT2D eigenvalue weighted by Crippen LogP contribution is -2.17. The van der Waals surface area contributed by atoms with Crippen molar-refractivity contribution in [2.24, 2.45) is 0 Å². The van der Waals surface area contributed by atoms with Crippen LogP contribution in [-0.2, 0) is 4.74 Å². The molecule has 0 atom stereocenters. The summed E-state index contributed by atoms with van der Waals surface area (Å²) >= 11 is 0. The van der Waals surface area contributed by atoms with Gasteiger partial charge in [0.2, 0.25) is 0 Å². The zero-order valence-electron chi connectivity index (χ0n) is 10.2. The van der Waals surface area contributed by atoms with Gasteiger partial charge < -0.3 is 15.2 Å². The summed E-state index contributed by atoms with van der Waals surface area (Å²) in [4.78, 5) is 15.4. The van der Waals surface area contributed by atoms with Gasteiger partial charge in [0.25, 0.3) is 0 Å². The number of anilines is 1. The van der Waals surface area contributed by atoms with Crippen LogP contribution in [0, 0.1) is 0 Å². The summed E-state index contributed by atoms with van der Waals surface area (Å²) in [5, 5.41) is 0.176. The van der Waals surface area contributed by atoms with Gasteiger partial charge in [-0.3, -0.25) is 4.98 Å². The van der Waals surface area contributed by atoms with E-state index >= 15 is 0 Å². The standard InChI is InChI=1S/C12H9F3N2O3/c1-19-11(18)8-5-17-9-3-2-6(20-12(13,14)15)4-7(9)10(8)16/h2-5H,1H3,(H2,16,17). The first-order valence-electron chi connectivity index (χ1n) is 5.34. The minimum atomic E-state index is -4.81. The number of halogens is 3. The van der Waals surface area contributed by atoms with Crippen LogP contribution in [0.4, 0.5) is 18.9 Å². The Kier molecular flexibility index (Phi) is 3.39. The Bertz CT molecular complexity index is 671. The van der Waals surface area contributed by atoms with E-state index in [0.717, 1.165) is 19.2 Å². The summed E-state index contributed by atoms with van der Waals surface area (Å²) in [7, 11) is 1.16. The molecule has 2 aromatic rings. The highest BCUT2D eigenvalue weighted by Crippen LogP contribution is 2.30. The largest absolute Gasteiger partial charge is 0.573 e. The maximum absolute atomic E-state index is 12.2. The Hall–Kier alpha value is -2.51. The molecule has 0 bridgehead atoms. The van der Waals surface area contributed by atoms with Crippen molar-refractivity contribution in [3.63, 3.8) is 0 Å². The second-order valence-corrected chi connectivity index (χ2v) is 3.80. The van der Waals surface area contributed by atoms with E-state index in [1.165, 1.54) is 12.3 Å². The third-order valence-corrected chi connectivity index (χ3v) is 2.52. The maximum atomic E-state index is 12.2. The van der Waals surface area contributed by atoms with Gasteiger partial charge in [-0.05, 0) is 18.2 Å². The van der Waals surface area contributed by atoms with Crippen LogP contribution in [0.15, 0.2) is 24.4 Å². The molecule has 0 aliphatic rings. The number of benzene rings is 1. The summed E-state index contributed by atoms with van der Waals surface area (Å²) in [5.41, 5.74) is 6.05. The average Bonchev–Trinajstić information content (AvgIpc) is 2.37. The summed E-state index contributed by atoms with van der Waals surface area (Å²) in [5.74, 6) is -1.17. The number of aromatic nitrogens is 1. The molecule has 0 spiro atoms. The van der Waals surface area contributed by atoms with Crippen molar-refractivity contribution in [3.8, 4) is 5.75 Å². The van der Waals surface area contributed by atoms with Gasteiger partial charge in [0.15, 0.2) is 0 Å². The number of hydrogen-bond donors (Lipinski definition) is 1. The molecule has 0 aliphatic heterocycles. The number of rotatable bonds is 2. The number of hydrogen-bond acceptors (Lipinski definition) is 5. The van der Waals surface area contributed by atoms with E-state index in [2.05, 4.69) is 14.5 Å². The lowest BCUT2D eigenvalue weighted by molar-refractivity contribution is -0.274. The van der Waals surface area contributed by atoms with Crippen LogP contribution in [-0.4, -0.2) is 24.4 Å². The van der Waals surface area contributed by atoms with Crippen molar-refractivity contribution < 1.29 is 27.4 Å². The number of pyridine rings is 1. The molecular weight excluding hydrogens is 277 g/mol. The molecule has 1 heterocycles. The Morgan fingerprint density at radius 2 is 2.05 bits per heavy atom. The molecule has 0 saturated carbocycles. The van der Waals surface area contributed by atoms with E-state index in [1.807, 2.05) is 0 Å². The van der Waals surface area contributed by atoms with Crippen LogP contribution in [0.25, 0.3) is 10.9 Å². The molecule has 0 aliphatic carbocycles. The number of carbonyl (C=O) groups is 1. The number of nitrogens with two attached hydrogens (primary N) is 1. The number of nitrogens with zero attached hydrogens (tertiary/aromatic N) is 1. The number of carbonyl (C=O) groups excluding carboxylic acids is 1. The third kappa shape index (κ3) is 2.73. The minimum Gasteiger partial charge on any atom is -0.465 e. The fraction of sp³-hybridized carbons (Fsp3) is 0.167. The summed E-state index contributed by atoms with van der Waals surface area (Å²) in [6.07, 6.45) is -3.61. The summed E-state index contributed by atoms with van der Waals surface area (Å²) in [6.45, 7) is 0. The fourth-order valence-corrected chi connectivity index (χ4v) is 1.66. The molecule has 0 unspecified atom stereocenters. The lowest BCUT2D eigenvalue weighted by atomic mass is 10.1. The first-order valence-corrected chi connectivity index (χ1v) is 5.34. The predicted molar refractivity (Wildman–Crippen MR) is 64.2 cm³/mol. The van der Waals surface area contributed by atoms with Crippen LogP contribution in [0.2, 0.25) is 0 Å². The van der Waals surface area contributed by atoms with Crippen molar-refractivity contribution in [3.05, 3.63) is 30.0 Å². The van der Waals surface area contributed by atoms with Gasteiger partial charge in [0.05, 0.1) is 18.3 Å². The lowest BCUT2D eigenvalue weighted by Gasteiger charge is -2.11. The van der Waals surface area contributed by atoms with E-state index in [4.69, 9.17) is 5.73 Å². The molecule has 5 nitrogen and oxygen atoms in total. The quantitative estimate of drug-likeness (QED) is 0.858. The van der Waals surface area contributed by atoms with E-state index in [1.54, 1.807) is 0 Å². The third-order valence-electron chi connectivity index (χ3n) is 2.52.